The van der Waals surface area contributed by atoms with Gasteiger partial charge in [0.15, 0.2) is 0 Å². The summed E-state index contributed by atoms with van der Waals surface area (Å²) in [6, 6.07) is 0. The minimum absolute atomic E-state index is 0.366. The highest BCUT2D eigenvalue weighted by molar-refractivity contribution is 5.09. The highest BCUT2D eigenvalue weighted by atomic mass is 16.5. The molecule has 1 heteroatoms. The van der Waals surface area contributed by atoms with Crippen molar-refractivity contribution in [1.29, 1.82) is 0 Å². The minimum Gasteiger partial charge on any atom is -0.374 e. The second-order valence-electron chi connectivity index (χ2n) is 5.77. The Morgan fingerprint density at radius 1 is 1.25 bits per heavy atom. The first-order valence-electron chi connectivity index (χ1n) is 6.54. The molecule has 0 aromatic heterocycles. The first kappa shape index (κ1) is 11.9. The van der Waals surface area contributed by atoms with E-state index in [0.717, 1.165) is 18.8 Å². The molecule has 0 unspecified atom stereocenters. The van der Waals surface area contributed by atoms with Crippen molar-refractivity contribution in [1.82, 2.24) is 0 Å². The first-order chi connectivity index (χ1) is 7.56. The highest BCUT2D eigenvalue weighted by Gasteiger charge is 2.33. The second kappa shape index (κ2) is 4.75. The Hall–Kier alpha value is -0.560. The van der Waals surface area contributed by atoms with Crippen LogP contribution >= 0.6 is 0 Å². The zero-order valence-corrected chi connectivity index (χ0v) is 10.8. The van der Waals surface area contributed by atoms with Crippen molar-refractivity contribution in [2.45, 2.75) is 58.7 Å². The molecule has 1 heterocycles. The van der Waals surface area contributed by atoms with Gasteiger partial charge in [-0.15, -0.1) is 0 Å². The topological polar surface area (TPSA) is 9.23 Å². The van der Waals surface area contributed by atoms with Crippen LogP contribution in [-0.4, -0.2) is 12.2 Å². The summed E-state index contributed by atoms with van der Waals surface area (Å²) >= 11 is 0. The van der Waals surface area contributed by atoms with E-state index < -0.39 is 0 Å². The van der Waals surface area contributed by atoms with Gasteiger partial charge in [0.05, 0.1) is 12.2 Å². The summed E-state index contributed by atoms with van der Waals surface area (Å²) < 4.78 is 6.11. The van der Waals surface area contributed by atoms with E-state index in [9.17, 15) is 0 Å². The summed E-state index contributed by atoms with van der Waals surface area (Å²) in [6.45, 7) is 10.9. The molecule has 0 bridgehead atoms. The third-order valence-electron chi connectivity index (χ3n) is 4.06. The molecule has 0 amide bonds. The maximum Gasteiger partial charge on any atom is 0.0649 e. The molecule has 0 aromatic carbocycles. The number of ether oxygens (including phenoxy) is 1. The molecule has 0 spiro atoms. The van der Waals surface area contributed by atoms with Gasteiger partial charge in [-0.3, -0.25) is 0 Å². The normalized spacial score (nSPS) is 40.7. The Morgan fingerprint density at radius 3 is 2.62 bits per heavy atom. The SMILES string of the molecule is C=C1C[C@@H]([C@H]2CC=C(C)C[C@@H]2C)O[C@@H](C)C1. The maximum atomic E-state index is 6.11. The third-order valence-corrected chi connectivity index (χ3v) is 4.06. The van der Waals surface area contributed by atoms with E-state index in [1.165, 1.54) is 18.4 Å². The minimum atomic E-state index is 0.366. The van der Waals surface area contributed by atoms with Crippen LogP contribution in [0.25, 0.3) is 0 Å². The largest absolute Gasteiger partial charge is 0.374 e. The molecule has 0 N–H and O–H groups in total. The average Bonchev–Trinajstić information content (AvgIpc) is 2.15. The quantitative estimate of drug-likeness (QED) is 0.604. The zero-order valence-electron chi connectivity index (χ0n) is 10.8. The van der Waals surface area contributed by atoms with Crippen molar-refractivity contribution in [3.05, 3.63) is 23.8 Å². The summed E-state index contributed by atoms with van der Waals surface area (Å²) in [5.74, 6) is 1.45. The van der Waals surface area contributed by atoms with Crippen molar-refractivity contribution in [2.75, 3.05) is 0 Å². The van der Waals surface area contributed by atoms with Crippen LogP contribution in [0, 0.1) is 11.8 Å². The van der Waals surface area contributed by atoms with Crippen LogP contribution in [0.2, 0.25) is 0 Å². The molecule has 2 rings (SSSR count). The van der Waals surface area contributed by atoms with Crippen molar-refractivity contribution in [3.63, 3.8) is 0 Å². The monoisotopic (exact) mass is 220 g/mol. The molecule has 2 aliphatic rings. The van der Waals surface area contributed by atoms with Gasteiger partial charge in [-0.1, -0.05) is 30.7 Å². The predicted octanol–water partition coefficient (Wildman–Crippen LogP) is 4.10. The maximum absolute atomic E-state index is 6.11. The smallest absolute Gasteiger partial charge is 0.0649 e. The summed E-state index contributed by atoms with van der Waals surface area (Å²) in [7, 11) is 0. The third kappa shape index (κ3) is 2.57. The van der Waals surface area contributed by atoms with Crippen LogP contribution in [-0.2, 0) is 4.74 Å². The Labute approximate surface area is 99.6 Å². The van der Waals surface area contributed by atoms with Crippen molar-refractivity contribution in [3.8, 4) is 0 Å². The van der Waals surface area contributed by atoms with Gasteiger partial charge in [0, 0.05) is 0 Å². The molecule has 90 valence electrons. The van der Waals surface area contributed by atoms with Gasteiger partial charge >= 0.3 is 0 Å². The number of hydrogen-bond donors (Lipinski definition) is 0. The van der Waals surface area contributed by atoms with E-state index in [1.54, 1.807) is 5.57 Å². The Balaban J connectivity index is 2.04. The highest BCUT2D eigenvalue weighted by Crippen LogP contribution is 2.37. The molecule has 0 aromatic rings. The van der Waals surface area contributed by atoms with Crippen LogP contribution in [0.1, 0.15) is 46.5 Å². The number of allylic oxidation sites excluding steroid dienone is 2. The average molecular weight is 220 g/mol. The lowest BCUT2D eigenvalue weighted by Gasteiger charge is -2.39. The van der Waals surface area contributed by atoms with Crippen molar-refractivity contribution < 1.29 is 4.74 Å². The molecule has 0 saturated carbocycles. The first-order valence-corrected chi connectivity index (χ1v) is 6.54. The lowest BCUT2D eigenvalue weighted by molar-refractivity contribution is -0.0640. The van der Waals surface area contributed by atoms with Crippen molar-refractivity contribution in [2.24, 2.45) is 11.8 Å². The molecule has 1 saturated heterocycles. The van der Waals surface area contributed by atoms with E-state index in [4.69, 9.17) is 4.74 Å². The summed E-state index contributed by atoms with van der Waals surface area (Å²) in [4.78, 5) is 0. The molecular weight excluding hydrogens is 196 g/mol. The fourth-order valence-corrected chi connectivity index (χ4v) is 3.25. The summed E-state index contributed by atoms with van der Waals surface area (Å²) in [5.41, 5.74) is 2.92. The summed E-state index contributed by atoms with van der Waals surface area (Å²) in [5, 5.41) is 0. The Kier molecular flexibility index (Phi) is 3.53. The van der Waals surface area contributed by atoms with E-state index in [-0.39, 0.29) is 0 Å². The van der Waals surface area contributed by atoms with Crippen LogP contribution in [0.4, 0.5) is 0 Å². The lowest BCUT2D eigenvalue weighted by atomic mass is 9.75. The fraction of sp³-hybridized carbons (Fsp3) is 0.733. The fourth-order valence-electron chi connectivity index (χ4n) is 3.25. The Morgan fingerprint density at radius 2 is 2.00 bits per heavy atom. The van der Waals surface area contributed by atoms with Gasteiger partial charge < -0.3 is 4.74 Å². The standard InChI is InChI=1S/C15H24O/c1-10-5-6-14(12(3)7-10)15-9-11(2)8-13(4)16-15/h5,12-15H,2,6-9H2,1,3-4H3/t12-,13-,14-,15-/m0/s1. The molecular formula is C15H24O. The molecule has 16 heavy (non-hydrogen) atoms. The van der Waals surface area contributed by atoms with E-state index in [1.807, 2.05) is 0 Å². The number of hydrogen-bond acceptors (Lipinski definition) is 1. The lowest BCUT2D eigenvalue weighted by Crippen LogP contribution is -2.36. The molecule has 1 aliphatic carbocycles. The molecule has 0 radical (unpaired) electrons. The Bertz CT molecular complexity index is 303. The number of rotatable bonds is 1. The molecule has 1 nitrogen and oxygen atoms in total. The zero-order chi connectivity index (χ0) is 11.7. The van der Waals surface area contributed by atoms with Crippen LogP contribution in [0.15, 0.2) is 23.8 Å². The molecule has 4 atom stereocenters. The van der Waals surface area contributed by atoms with Crippen LogP contribution in [0.5, 0.6) is 0 Å². The second-order valence-corrected chi connectivity index (χ2v) is 5.77. The van der Waals surface area contributed by atoms with Gasteiger partial charge in [0.1, 0.15) is 0 Å². The molecule has 1 aliphatic heterocycles. The van der Waals surface area contributed by atoms with Gasteiger partial charge in [-0.25, -0.2) is 0 Å². The van der Waals surface area contributed by atoms with Gasteiger partial charge in [0.25, 0.3) is 0 Å². The molecule has 1 fully saturated rings. The predicted molar refractivity (Wildman–Crippen MR) is 68.4 cm³/mol. The van der Waals surface area contributed by atoms with E-state index in [2.05, 4.69) is 33.4 Å². The van der Waals surface area contributed by atoms with Gasteiger partial charge in [-0.2, -0.15) is 0 Å². The van der Waals surface area contributed by atoms with Crippen LogP contribution in [0.3, 0.4) is 0 Å². The summed E-state index contributed by atoms with van der Waals surface area (Å²) in [6.07, 6.45) is 7.73. The van der Waals surface area contributed by atoms with E-state index >= 15 is 0 Å². The van der Waals surface area contributed by atoms with Crippen molar-refractivity contribution >= 4 is 0 Å². The van der Waals surface area contributed by atoms with Crippen LogP contribution < -0.4 is 0 Å². The van der Waals surface area contributed by atoms with Gasteiger partial charge in [-0.05, 0) is 51.4 Å². The van der Waals surface area contributed by atoms with E-state index in [0.29, 0.717) is 18.1 Å². The van der Waals surface area contributed by atoms with Gasteiger partial charge in [0.2, 0.25) is 0 Å².